The number of carbonyl (C=O) groups is 1. The van der Waals surface area contributed by atoms with Gasteiger partial charge in [0.15, 0.2) is 5.96 Å². The van der Waals surface area contributed by atoms with Gasteiger partial charge in [0.1, 0.15) is 5.82 Å². The molecule has 2 aromatic carbocycles. The zero-order chi connectivity index (χ0) is 22.4. The van der Waals surface area contributed by atoms with E-state index in [9.17, 15) is 22.4 Å². The molecule has 0 atom stereocenters. The fourth-order valence-electron chi connectivity index (χ4n) is 3.48. The second-order valence-electron chi connectivity index (χ2n) is 7.27. The first kappa shape index (κ1) is 22.6. The van der Waals surface area contributed by atoms with Crippen molar-refractivity contribution in [2.45, 2.75) is 38.7 Å². The maximum atomic E-state index is 13.2. The van der Waals surface area contributed by atoms with Crippen LogP contribution in [0.4, 0.5) is 17.6 Å². The zero-order valence-corrected chi connectivity index (χ0v) is 17.1. The van der Waals surface area contributed by atoms with Crippen LogP contribution in [0.25, 0.3) is 0 Å². The Morgan fingerprint density at radius 2 is 1.77 bits per heavy atom. The predicted molar refractivity (Wildman–Crippen MR) is 110 cm³/mol. The fraction of sp³-hybridized carbons (Fsp3) is 0.364. The van der Waals surface area contributed by atoms with E-state index in [1.165, 1.54) is 7.05 Å². The van der Waals surface area contributed by atoms with E-state index in [1.807, 2.05) is 29.2 Å². The molecule has 0 radical (unpaired) electrons. The van der Waals surface area contributed by atoms with Gasteiger partial charge in [-0.15, -0.1) is 0 Å². The summed E-state index contributed by atoms with van der Waals surface area (Å²) in [6.45, 7) is 1.50. The van der Waals surface area contributed by atoms with E-state index in [2.05, 4.69) is 15.6 Å². The van der Waals surface area contributed by atoms with Gasteiger partial charge in [0.25, 0.3) is 0 Å². The van der Waals surface area contributed by atoms with Crippen LogP contribution in [-0.4, -0.2) is 30.4 Å². The number of alkyl halides is 3. The third kappa shape index (κ3) is 5.96. The van der Waals surface area contributed by atoms with Gasteiger partial charge < -0.3 is 15.5 Å². The Hall–Kier alpha value is -3.10. The number of halogens is 4. The molecule has 31 heavy (non-hydrogen) atoms. The lowest BCUT2D eigenvalue weighted by Gasteiger charge is -2.17. The van der Waals surface area contributed by atoms with Gasteiger partial charge in [0.2, 0.25) is 5.91 Å². The molecule has 1 heterocycles. The molecule has 0 spiro atoms. The third-order valence-electron chi connectivity index (χ3n) is 5.10. The van der Waals surface area contributed by atoms with Crippen molar-refractivity contribution in [1.29, 1.82) is 0 Å². The molecule has 0 bridgehead atoms. The molecule has 0 fully saturated rings. The summed E-state index contributed by atoms with van der Waals surface area (Å²) in [4.78, 5) is 18.2. The Morgan fingerprint density at radius 1 is 1.10 bits per heavy atom. The minimum absolute atomic E-state index is 0.0575. The van der Waals surface area contributed by atoms with Gasteiger partial charge in [0, 0.05) is 39.6 Å². The van der Waals surface area contributed by atoms with Crippen LogP contribution in [0, 0.1) is 5.82 Å². The van der Waals surface area contributed by atoms with E-state index in [1.54, 1.807) is 0 Å². The average molecular weight is 436 g/mol. The van der Waals surface area contributed by atoms with Crippen molar-refractivity contribution in [3.05, 3.63) is 70.5 Å². The minimum Gasteiger partial charge on any atom is -0.356 e. The summed E-state index contributed by atoms with van der Waals surface area (Å²) in [5.74, 6) is -0.579. The molecule has 0 saturated carbocycles. The number of benzene rings is 2. The normalized spacial score (nSPS) is 13.8. The van der Waals surface area contributed by atoms with E-state index < -0.39 is 17.6 Å². The Labute approximate surface area is 178 Å². The molecule has 0 aromatic heterocycles. The molecule has 0 aliphatic carbocycles. The van der Waals surface area contributed by atoms with Crippen LogP contribution >= 0.6 is 0 Å². The van der Waals surface area contributed by atoms with E-state index in [0.717, 1.165) is 23.3 Å². The monoisotopic (exact) mass is 436 g/mol. The van der Waals surface area contributed by atoms with E-state index in [0.29, 0.717) is 44.5 Å². The topological polar surface area (TPSA) is 56.7 Å². The van der Waals surface area contributed by atoms with Gasteiger partial charge in [0.05, 0.1) is 5.56 Å². The van der Waals surface area contributed by atoms with Crippen LogP contribution < -0.4 is 10.6 Å². The molecular weight excluding hydrogens is 412 g/mol. The van der Waals surface area contributed by atoms with Gasteiger partial charge in [-0.25, -0.2) is 4.39 Å². The van der Waals surface area contributed by atoms with Gasteiger partial charge in [-0.3, -0.25) is 9.79 Å². The Balaban J connectivity index is 1.43. The van der Waals surface area contributed by atoms with Crippen molar-refractivity contribution in [3.63, 3.8) is 0 Å². The smallest absolute Gasteiger partial charge is 0.356 e. The highest BCUT2D eigenvalue weighted by atomic mass is 19.4. The summed E-state index contributed by atoms with van der Waals surface area (Å²) in [5.41, 5.74) is 1.23. The summed E-state index contributed by atoms with van der Waals surface area (Å²) in [7, 11) is 1.50. The van der Waals surface area contributed by atoms with Gasteiger partial charge in [-0.2, -0.15) is 13.2 Å². The average Bonchev–Trinajstić information content (AvgIpc) is 3.17. The fourth-order valence-corrected chi connectivity index (χ4v) is 3.48. The van der Waals surface area contributed by atoms with Crippen molar-refractivity contribution in [2.75, 3.05) is 13.6 Å². The first-order valence-electron chi connectivity index (χ1n) is 9.92. The number of hydrogen-bond donors (Lipinski definition) is 2. The molecule has 3 rings (SSSR count). The lowest BCUT2D eigenvalue weighted by Crippen LogP contribution is -2.38. The number of nitrogens with zero attached hydrogens (tertiary/aromatic N) is 2. The minimum atomic E-state index is -4.65. The molecule has 166 valence electrons. The number of aliphatic imine (C=N–C) groups is 1. The molecule has 1 amide bonds. The van der Waals surface area contributed by atoms with Crippen LogP contribution in [-0.2, 0) is 30.6 Å². The van der Waals surface area contributed by atoms with E-state index in [-0.39, 0.29) is 18.0 Å². The van der Waals surface area contributed by atoms with Gasteiger partial charge in [-0.1, -0.05) is 30.3 Å². The standard InChI is InChI=1S/C22H24F4N4O/c1-27-21(29-12-15-8-9-18(23)11-19(15)22(24,25)26)28-10-4-7-20(31)30-13-16-5-2-3-6-17(16)14-30/h2-3,5-6,8-9,11H,4,7,10,12-14H2,1H3,(H2,27,28,29). The molecule has 1 aliphatic rings. The number of fused-ring (bicyclic) bond motifs is 1. The molecular formula is C22H24F4N4O. The lowest BCUT2D eigenvalue weighted by molar-refractivity contribution is -0.138. The SMILES string of the molecule is CN=C(NCCCC(=O)N1Cc2ccccc2C1)NCc1ccc(F)cc1C(F)(F)F. The van der Waals surface area contributed by atoms with Crippen LogP contribution in [0.5, 0.6) is 0 Å². The Bertz CT molecular complexity index is 934. The number of rotatable bonds is 6. The molecule has 9 heteroatoms. The van der Waals surface area contributed by atoms with Crippen LogP contribution in [0.3, 0.4) is 0 Å². The lowest BCUT2D eigenvalue weighted by atomic mass is 10.1. The maximum Gasteiger partial charge on any atom is 0.416 e. The number of carbonyl (C=O) groups excluding carboxylic acids is 1. The first-order chi connectivity index (χ1) is 14.8. The summed E-state index contributed by atoms with van der Waals surface area (Å²) in [6, 6.07) is 10.5. The highest BCUT2D eigenvalue weighted by molar-refractivity contribution is 5.80. The van der Waals surface area contributed by atoms with Crippen molar-refractivity contribution >= 4 is 11.9 Å². The van der Waals surface area contributed by atoms with Crippen molar-refractivity contribution < 1.29 is 22.4 Å². The Kier molecular flexibility index (Phi) is 7.14. The van der Waals surface area contributed by atoms with Crippen LogP contribution in [0.2, 0.25) is 0 Å². The highest BCUT2D eigenvalue weighted by Crippen LogP contribution is 2.32. The van der Waals surface area contributed by atoms with E-state index >= 15 is 0 Å². The molecule has 1 aliphatic heterocycles. The quantitative estimate of drug-likeness (QED) is 0.313. The third-order valence-corrected chi connectivity index (χ3v) is 5.10. The number of hydrogen-bond acceptors (Lipinski definition) is 2. The number of guanidine groups is 1. The van der Waals surface area contributed by atoms with Crippen molar-refractivity contribution in [3.8, 4) is 0 Å². The molecule has 2 N–H and O–H groups in total. The van der Waals surface area contributed by atoms with Gasteiger partial charge >= 0.3 is 6.18 Å². The summed E-state index contributed by atoms with van der Waals surface area (Å²) in [6.07, 6.45) is -3.74. The van der Waals surface area contributed by atoms with Crippen molar-refractivity contribution in [2.24, 2.45) is 4.99 Å². The number of nitrogens with one attached hydrogen (secondary N) is 2. The van der Waals surface area contributed by atoms with Crippen molar-refractivity contribution in [1.82, 2.24) is 15.5 Å². The largest absolute Gasteiger partial charge is 0.416 e. The molecule has 0 saturated heterocycles. The second-order valence-corrected chi connectivity index (χ2v) is 7.27. The summed E-state index contributed by atoms with van der Waals surface area (Å²) in [5, 5.41) is 5.78. The first-order valence-corrected chi connectivity index (χ1v) is 9.92. The second kappa shape index (κ2) is 9.80. The summed E-state index contributed by atoms with van der Waals surface area (Å²) < 4.78 is 52.5. The van der Waals surface area contributed by atoms with Gasteiger partial charge in [-0.05, 0) is 35.2 Å². The van der Waals surface area contributed by atoms with E-state index in [4.69, 9.17) is 0 Å². The van der Waals surface area contributed by atoms with Crippen LogP contribution in [0.15, 0.2) is 47.5 Å². The maximum absolute atomic E-state index is 13.2. The molecule has 0 unspecified atom stereocenters. The molecule has 5 nitrogen and oxygen atoms in total. The highest BCUT2D eigenvalue weighted by Gasteiger charge is 2.33. The molecule has 2 aromatic rings. The Morgan fingerprint density at radius 3 is 2.39 bits per heavy atom. The predicted octanol–water partition coefficient (Wildman–Crippen LogP) is 3.83. The zero-order valence-electron chi connectivity index (χ0n) is 17.1. The number of amides is 1. The van der Waals surface area contributed by atoms with Crippen LogP contribution in [0.1, 0.15) is 35.1 Å². The summed E-state index contributed by atoms with van der Waals surface area (Å²) >= 11 is 0.